The van der Waals surface area contributed by atoms with Crippen molar-refractivity contribution in [1.29, 1.82) is 0 Å². The summed E-state index contributed by atoms with van der Waals surface area (Å²) in [7, 11) is 0. The summed E-state index contributed by atoms with van der Waals surface area (Å²) in [5.74, 6) is -0.992. The first-order valence-corrected chi connectivity index (χ1v) is 12.0. The quantitative estimate of drug-likeness (QED) is 0.514. The van der Waals surface area contributed by atoms with E-state index in [4.69, 9.17) is 0 Å². The summed E-state index contributed by atoms with van der Waals surface area (Å²) < 4.78 is 0. The van der Waals surface area contributed by atoms with Crippen LogP contribution < -0.4 is 15.5 Å². The van der Waals surface area contributed by atoms with Crippen molar-refractivity contribution in [3.8, 4) is 0 Å². The first-order chi connectivity index (χ1) is 16.1. The number of aryl methyl sites for hydroxylation is 1. The van der Waals surface area contributed by atoms with Gasteiger partial charge >= 0.3 is 0 Å². The van der Waals surface area contributed by atoms with Crippen LogP contribution in [0.3, 0.4) is 0 Å². The zero-order valence-electron chi connectivity index (χ0n) is 20.2. The summed E-state index contributed by atoms with van der Waals surface area (Å²) >= 11 is 1.31. The Morgan fingerprint density at radius 2 is 1.65 bits per heavy atom. The fourth-order valence-electron chi connectivity index (χ4n) is 3.64. The second-order valence-corrected chi connectivity index (χ2v) is 10.1. The predicted molar refractivity (Wildman–Crippen MR) is 137 cm³/mol. The van der Waals surface area contributed by atoms with Crippen molar-refractivity contribution >= 4 is 34.7 Å². The Hall–Kier alpha value is -3.45. The molecule has 3 rings (SSSR count). The summed E-state index contributed by atoms with van der Waals surface area (Å²) in [6.45, 7) is 9.36. The average molecular weight is 478 g/mol. The lowest BCUT2D eigenvalue weighted by atomic mass is 9.99. The standard InChI is InChI=1S/C27H31N3O3S/c1-18-11-9-14-21(19(18)2)30(23(31)17-28-25(32)22-15-10-16-34-22)24(20-12-7-6-8-13-20)26(33)29-27(3,4)5/h6-16,24H,17H2,1-5H3,(H,28,32)(H,29,33)/t24-/m1/s1. The van der Waals surface area contributed by atoms with E-state index in [9.17, 15) is 14.4 Å². The van der Waals surface area contributed by atoms with Crippen molar-refractivity contribution in [3.63, 3.8) is 0 Å². The molecule has 1 atom stereocenters. The van der Waals surface area contributed by atoms with Crippen LogP contribution in [0.4, 0.5) is 5.69 Å². The van der Waals surface area contributed by atoms with E-state index in [0.29, 0.717) is 16.1 Å². The van der Waals surface area contributed by atoms with Gasteiger partial charge in [-0.15, -0.1) is 11.3 Å². The largest absolute Gasteiger partial charge is 0.349 e. The van der Waals surface area contributed by atoms with E-state index in [0.717, 1.165) is 11.1 Å². The molecule has 0 radical (unpaired) electrons. The topological polar surface area (TPSA) is 78.5 Å². The van der Waals surface area contributed by atoms with Gasteiger partial charge in [-0.3, -0.25) is 19.3 Å². The summed E-state index contributed by atoms with van der Waals surface area (Å²) in [6, 6.07) is 17.5. The monoisotopic (exact) mass is 477 g/mol. The van der Waals surface area contributed by atoms with Gasteiger partial charge < -0.3 is 10.6 Å². The van der Waals surface area contributed by atoms with Crippen LogP contribution in [0.15, 0.2) is 66.0 Å². The van der Waals surface area contributed by atoms with Crippen LogP contribution in [0.5, 0.6) is 0 Å². The summed E-state index contributed by atoms with van der Waals surface area (Å²) in [5.41, 5.74) is 2.72. The number of amides is 3. The lowest BCUT2D eigenvalue weighted by Crippen LogP contribution is -2.51. The second-order valence-electron chi connectivity index (χ2n) is 9.20. The van der Waals surface area contributed by atoms with Gasteiger partial charge in [0.1, 0.15) is 6.04 Å². The molecule has 0 saturated carbocycles. The lowest BCUT2D eigenvalue weighted by Gasteiger charge is -2.35. The zero-order valence-corrected chi connectivity index (χ0v) is 21.0. The van der Waals surface area contributed by atoms with E-state index in [1.807, 2.05) is 83.1 Å². The van der Waals surface area contributed by atoms with Gasteiger partial charge in [-0.1, -0.05) is 48.5 Å². The third-order valence-electron chi connectivity index (χ3n) is 5.37. The Labute approximate surface area is 205 Å². The van der Waals surface area contributed by atoms with E-state index in [-0.39, 0.29) is 24.3 Å². The van der Waals surface area contributed by atoms with Crippen molar-refractivity contribution in [2.75, 3.05) is 11.4 Å². The minimum absolute atomic E-state index is 0.240. The van der Waals surface area contributed by atoms with Crippen molar-refractivity contribution < 1.29 is 14.4 Å². The minimum atomic E-state index is -0.910. The Morgan fingerprint density at radius 3 is 2.26 bits per heavy atom. The third-order valence-corrected chi connectivity index (χ3v) is 6.24. The van der Waals surface area contributed by atoms with Gasteiger partial charge in [0.15, 0.2) is 0 Å². The number of anilines is 1. The number of nitrogens with one attached hydrogen (secondary N) is 2. The fourth-order valence-corrected chi connectivity index (χ4v) is 4.28. The smallest absolute Gasteiger partial charge is 0.261 e. The third kappa shape index (κ3) is 6.11. The molecule has 6 nitrogen and oxygen atoms in total. The molecule has 3 amide bonds. The number of benzene rings is 2. The number of hydrogen-bond acceptors (Lipinski definition) is 4. The van der Waals surface area contributed by atoms with E-state index in [1.54, 1.807) is 17.5 Å². The molecule has 2 aromatic carbocycles. The van der Waals surface area contributed by atoms with E-state index < -0.39 is 11.6 Å². The maximum atomic E-state index is 13.7. The summed E-state index contributed by atoms with van der Waals surface area (Å²) in [5, 5.41) is 7.54. The summed E-state index contributed by atoms with van der Waals surface area (Å²) in [4.78, 5) is 41.8. The average Bonchev–Trinajstić information content (AvgIpc) is 3.32. The lowest BCUT2D eigenvalue weighted by molar-refractivity contribution is -0.127. The van der Waals surface area contributed by atoms with E-state index >= 15 is 0 Å². The highest BCUT2D eigenvalue weighted by atomic mass is 32.1. The Morgan fingerprint density at radius 1 is 0.941 bits per heavy atom. The first kappa shape index (κ1) is 25.2. The second kappa shape index (κ2) is 10.7. The molecule has 0 spiro atoms. The van der Waals surface area contributed by atoms with Gasteiger partial charge in [-0.05, 0) is 68.8 Å². The molecule has 0 unspecified atom stereocenters. The van der Waals surface area contributed by atoms with Crippen LogP contribution >= 0.6 is 11.3 Å². The minimum Gasteiger partial charge on any atom is -0.349 e. The molecule has 2 N–H and O–H groups in total. The zero-order chi connectivity index (χ0) is 24.9. The Bertz CT molecular complexity index is 1150. The Kier molecular flexibility index (Phi) is 7.89. The van der Waals surface area contributed by atoms with Crippen molar-refractivity contribution in [2.24, 2.45) is 0 Å². The van der Waals surface area contributed by atoms with Crippen LogP contribution in [0.25, 0.3) is 0 Å². The molecular formula is C27H31N3O3S. The number of nitrogens with zero attached hydrogens (tertiary/aromatic N) is 1. The molecule has 0 aliphatic rings. The van der Waals surface area contributed by atoms with E-state index in [1.165, 1.54) is 16.2 Å². The molecule has 1 aromatic heterocycles. The van der Waals surface area contributed by atoms with Crippen molar-refractivity contribution in [2.45, 2.75) is 46.2 Å². The maximum absolute atomic E-state index is 13.7. The molecule has 7 heteroatoms. The highest BCUT2D eigenvalue weighted by Crippen LogP contribution is 2.32. The molecule has 0 bridgehead atoms. The number of carbonyl (C=O) groups is 3. The van der Waals surface area contributed by atoms with Crippen molar-refractivity contribution in [3.05, 3.63) is 87.6 Å². The summed E-state index contributed by atoms with van der Waals surface area (Å²) in [6.07, 6.45) is 0. The van der Waals surface area contributed by atoms with Crippen LogP contribution in [-0.4, -0.2) is 29.8 Å². The SMILES string of the molecule is Cc1cccc(N(C(=O)CNC(=O)c2cccs2)[C@@H](C(=O)NC(C)(C)C)c2ccccc2)c1C. The number of carbonyl (C=O) groups excluding carboxylic acids is 3. The van der Waals surface area contributed by atoms with Crippen LogP contribution in [0.1, 0.15) is 53.2 Å². The van der Waals surface area contributed by atoms with Gasteiger partial charge in [0.2, 0.25) is 11.8 Å². The molecule has 0 saturated heterocycles. The molecule has 0 aliphatic heterocycles. The highest BCUT2D eigenvalue weighted by molar-refractivity contribution is 7.12. The van der Waals surface area contributed by atoms with Gasteiger partial charge in [-0.25, -0.2) is 0 Å². The van der Waals surface area contributed by atoms with Gasteiger partial charge in [0.25, 0.3) is 5.91 Å². The van der Waals surface area contributed by atoms with Crippen LogP contribution in [0, 0.1) is 13.8 Å². The van der Waals surface area contributed by atoms with Gasteiger partial charge in [0, 0.05) is 11.2 Å². The predicted octanol–water partition coefficient (Wildman–Crippen LogP) is 4.78. The Balaban J connectivity index is 2.05. The number of rotatable bonds is 7. The number of hydrogen-bond donors (Lipinski definition) is 2. The molecule has 178 valence electrons. The highest BCUT2D eigenvalue weighted by Gasteiger charge is 2.35. The van der Waals surface area contributed by atoms with Gasteiger partial charge in [-0.2, -0.15) is 0 Å². The van der Waals surface area contributed by atoms with Crippen molar-refractivity contribution in [1.82, 2.24) is 10.6 Å². The van der Waals surface area contributed by atoms with Gasteiger partial charge in [0.05, 0.1) is 11.4 Å². The van der Waals surface area contributed by atoms with Crippen LogP contribution in [0.2, 0.25) is 0 Å². The molecule has 0 aliphatic carbocycles. The first-order valence-electron chi connectivity index (χ1n) is 11.2. The van der Waals surface area contributed by atoms with E-state index in [2.05, 4.69) is 10.6 Å². The fraction of sp³-hybridized carbons (Fsp3) is 0.296. The molecule has 0 fully saturated rings. The maximum Gasteiger partial charge on any atom is 0.261 e. The normalized spacial score (nSPS) is 12.0. The number of thiophene rings is 1. The molecule has 34 heavy (non-hydrogen) atoms. The molecule has 3 aromatic rings. The molecular weight excluding hydrogens is 446 g/mol. The van der Waals surface area contributed by atoms with Crippen LogP contribution in [-0.2, 0) is 9.59 Å². The molecule has 1 heterocycles.